The van der Waals surface area contributed by atoms with Gasteiger partial charge in [0.05, 0.1) is 38.6 Å². The Balaban J connectivity index is 1.34. The van der Waals surface area contributed by atoms with Gasteiger partial charge in [-0.25, -0.2) is 9.97 Å². The number of carbonyl (C=O) groups is 1. The molecule has 2 aliphatic rings. The number of ether oxygens (including phenoxy) is 3. The minimum Gasteiger partial charge on any atom is -0.493 e. The van der Waals surface area contributed by atoms with Crippen molar-refractivity contribution in [2.45, 2.75) is 25.4 Å². The van der Waals surface area contributed by atoms with Gasteiger partial charge in [-0.1, -0.05) is 0 Å². The topological polar surface area (TPSA) is 136 Å². The number of amides is 1. The predicted molar refractivity (Wildman–Crippen MR) is 166 cm³/mol. The van der Waals surface area contributed by atoms with Gasteiger partial charge in [-0.2, -0.15) is 4.98 Å². The highest BCUT2D eigenvalue weighted by Gasteiger charge is 2.32. The Morgan fingerprint density at radius 3 is 2.47 bits per heavy atom. The number of thiophene rings is 1. The number of benzene rings is 1. The Kier molecular flexibility index (Phi) is 8.23. The van der Waals surface area contributed by atoms with Gasteiger partial charge in [-0.05, 0) is 26.0 Å². The van der Waals surface area contributed by atoms with Crippen LogP contribution in [0.5, 0.6) is 17.2 Å². The Bertz CT molecular complexity index is 1590. The van der Waals surface area contributed by atoms with Crippen LogP contribution in [0, 0.1) is 0 Å². The van der Waals surface area contributed by atoms with Crippen LogP contribution in [0.1, 0.15) is 17.7 Å². The molecule has 13 nitrogen and oxygen atoms in total. The molecule has 5 heterocycles. The van der Waals surface area contributed by atoms with Crippen molar-refractivity contribution in [2.75, 3.05) is 71.3 Å². The summed E-state index contributed by atoms with van der Waals surface area (Å²) in [5, 5.41) is 4.33. The average molecular weight is 608 g/mol. The molecular weight excluding hydrogens is 570 g/mol. The first kappa shape index (κ1) is 29.0. The summed E-state index contributed by atoms with van der Waals surface area (Å²) in [5.41, 5.74) is 6.53. The number of piperazine rings is 1. The standard InChI is InChI=1S/C29H37N9O4S/c1-35-8-10-36(11-9-35)15-19-14-20-27(33-29(34-28(20)43-19)38-7-5-6-21(38)26(30)39)32-24-16-37(17-31-24)18-12-22(40-2)25(42-4)23(13-18)41-3/h12-14,16-17,21H,5-11,15H2,1-4H3,(H2,30,39)(H,32,33,34). The number of nitrogens with zero attached hydrogens (tertiary/aromatic N) is 7. The van der Waals surface area contributed by atoms with Gasteiger partial charge < -0.3 is 39.6 Å². The van der Waals surface area contributed by atoms with Crippen molar-refractivity contribution in [2.24, 2.45) is 5.73 Å². The van der Waals surface area contributed by atoms with Crippen molar-refractivity contribution < 1.29 is 19.0 Å². The number of hydrogen-bond acceptors (Lipinski definition) is 12. The van der Waals surface area contributed by atoms with E-state index in [0.29, 0.717) is 47.8 Å². The lowest BCUT2D eigenvalue weighted by Gasteiger charge is -2.31. The summed E-state index contributed by atoms with van der Waals surface area (Å²) < 4.78 is 18.4. The summed E-state index contributed by atoms with van der Waals surface area (Å²) >= 11 is 1.66. The fourth-order valence-electron chi connectivity index (χ4n) is 5.66. The quantitative estimate of drug-likeness (QED) is 0.275. The molecule has 0 radical (unpaired) electrons. The van der Waals surface area contributed by atoms with Crippen LogP contribution in [-0.4, -0.2) is 102 Å². The number of methoxy groups -OCH3 is 3. The van der Waals surface area contributed by atoms with Crippen molar-refractivity contribution in [3.8, 4) is 22.9 Å². The van der Waals surface area contributed by atoms with Gasteiger partial charge in [0.1, 0.15) is 28.8 Å². The van der Waals surface area contributed by atoms with Crippen LogP contribution < -0.4 is 30.2 Å². The first-order chi connectivity index (χ1) is 20.9. The van der Waals surface area contributed by atoms with E-state index in [1.807, 2.05) is 27.8 Å². The number of carbonyl (C=O) groups excluding carboxylic acids is 1. The number of hydrogen-bond donors (Lipinski definition) is 2. The van der Waals surface area contributed by atoms with Gasteiger partial charge in [-0.15, -0.1) is 11.3 Å². The minimum atomic E-state index is -0.422. The second-order valence-corrected chi connectivity index (χ2v) is 11.9. The first-order valence-corrected chi connectivity index (χ1v) is 15.1. The smallest absolute Gasteiger partial charge is 0.240 e. The number of nitrogens with two attached hydrogens (primary N) is 1. The third-order valence-electron chi connectivity index (χ3n) is 8.02. The maximum absolute atomic E-state index is 12.2. The summed E-state index contributed by atoms with van der Waals surface area (Å²) in [6.07, 6.45) is 5.13. The van der Waals surface area contributed by atoms with Crippen LogP contribution in [0.15, 0.2) is 30.7 Å². The zero-order valence-corrected chi connectivity index (χ0v) is 25.7. The summed E-state index contributed by atoms with van der Waals surface area (Å²) in [7, 11) is 6.90. The highest BCUT2D eigenvalue weighted by Crippen LogP contribution is 2.40. The fourth-order valence-corrected chi connectivity index (χ4v) is 6.72. The molecule has 1 aromatic carbocycles. The van der Waals surface area contributed by atoms with Crippen molar-refractivity contribution in [1.82, 2.24) is 29.3 Å². The molecule has 1 unspecified atom stereocenters. The monoisotopic (exact) mass is 607 g/mol. The molecule has 6 rings (SSSR count). The molecule has 4 aromatic rings. The molecule has 2 fully saturated rings. The lowest BCUT2D eigenvalue weighted by molar-refractivity contribution is -0.119. The van der Waals surface area contributed by atoms with E-state index in [2.05, 4.69) is 33.2 Å². The van der Waals surface area contributed by atoms with E-state index >= 15 is 0 Å². The molecule has 1 atom stereocenters. The van der Waals surface area contributed by atoms with E-state index in [4.69, 9.17) is 29.9 Å². The summed E-state index contributed by atoms with van der Waals surface area (Å²) in [5.74, 6) is 2.97. The molecule has 228 valence electrons. The van der Waals surface area contributed by atoms with E-state index in [0.717, 1.165) is 55.0 Å². The molecule has 43 heavy (non-hydrogen) atoms. The van der Waals surface area contributed by atoms with Crippen molar-refractivity contribution in [1.29, 1.82) is 0 Å². The highest BCUT2D eigenvalue weighted by molar-refractivity contribution is 7.18. The van der Waals surface area contributed by atoms with Gasteiger partial charge in [0.2, 0.25) is 17.6 Å². The number of nitrogens with one attached hydrogen (secondary N) is 1. The van der Waals surface area contributed by atoms with Crippen molar-refractivity contribution in [3.05, 3.63) is 35.6 Å². The Hall–Kier alpha value is -4.14. The highest BCUT2D eigenvalue weighted by atomic mass is 32.1. The number of primary amides is 1. The van der Waals surface area contributed by atoms with Gasteiger partial charge in [-0.3, -0.25) is 9.69 Å². The van der Waals surface area contributed by atoms with Crippen LogP contribution in [0.3, 0.4) is 0 Å². The molecule has 0 spiro atoms. The maximum atomic E-state index is 12.2. The summed E-state index contributed by atoms with van der Waals surface area (Å²) in [6.45, 7) is 5.69. The van der Waals surface area contributed by atoms with E-state index in [1.165, 1.54) is 4.88 Å². The minimum absolute atomic E-state index is 0.360. The van der Waals surface area contributed by atoms with Gasteiger partial charge in [0, 0.05) is 56.3 Å². The molecule has 0 bridgehead atoms. The number of rotatable bonds is 10. The summed E-state index contributed by atoms with van der Waals surface area (Å²) in [4.78, 5) is 35.5. The lowest BCUT2D eigenvalue weighted by atomic mass is 10.2. The van der Waals surface area contributed by atoms with E-state index in [9.17, 15) is 4.79 Å². The molecule has 1 amide bonds. The van der Waals surface area contributed by atoms with Crippen molar-refractivity contribution >= 4 is 45.0 Å². The molecule has 14 heteroatoms. The third kappa shape index (κ3) is 5.90. The average Bonchev–Trinajstić information content (AvgIpc) is 3.77. The zero-order chi connectivity index (χ0) is 30.1. The molecule has 3 aromatic heterocycles. The van der Waals surface area contributed by atoms with Gasteiger partial charge >= 0.3 is 0 Å². The molecule has 0 aliphatic carbocycles. The van der Waals surface area contributed by atoms with Crippen LogP contribution in [0.4, 0.5) is 17.6 Å². The number of aromatic nitrogens is 4. The second kappa shape index (κ2) is 12.2. The van der Waals surface area contributed by atoms with E-state index < -0.39 is 6.04 Å². The number of likely N-dealkylation sites (N-methyl/N-ethyl adjacent to an activating group) is 1. The SMILES string of the molecule is COc1cc(-n2cnc(Nc3nc(N4CCCC4C(N)=O)nc4sc(CN5CCN(C)CC5)cc34)c2)cc(OC)c1OC. The van der Waals surface area contributed by atoms with Crippen LogP contribution in [-0.2, 0) is 11.3 Å². The third-order valence-corrected chi connectivity index (χ3v) is 9.04. The molecule has 0 saturated carbocycles. The fraction of sp³-hybridized carbons (Fsp3) is 0.448. The van der Waals surface area contributed by atoms with E-state index in [-0.39, 0.29) is 5.91 Å². The summed E-state index contributed by atoms with van der Waals surface area (Å²) in [6, 6.07) is 5.45. The van der Waals surface area contributed by atoms with Crippen LogP contribution in [0.2, 0.25) is 0 Å². The Morgan fingerprint density at radius 2 is 1.79 bits per heavy atom. The maximum Gasteiger partial charge on any atom is 0.240 e. The Morgan fingerprint density at radius 1 is 1.05 bits per heavy atom. The lowest BCUT2D eigenvalue weighted by Crippen LogP contribution is -2.43. The van der Waals surface area contributed by atoms with Gasteiger partial charge in [0.25, 0.3) is 0 Å². The zero-order valence-electron chi connectivity index (χ0n) is 24.9. The predicted octanol–water partition coefficient (Wildman–Crippen LogP) is 2.85. The normalized spacial score (nSPS) is 17.9. The molecular formula is C29H37N9O4S. The van der Waals surface area contributed by atoms with Crippen molar-refractivity contribution in [3.63, 3.8) is 0 Å². The molecule has 2 aliphatic heterocycles. The number of anilines is 3. The van der Waals surface area contributed by atoms with Crippen LogP contribution >= 0.6 is 11.3 Å². The Labute approximate surface area is 254 Å². The molecule has 3 N–H and O–H groups in total. The largest absolute Gasteiger partial charge is 0.493 e. The second-order valence-electron chi connectivity index (χ2n) is 10.8. The van der Waals surface area contributed by atoms with Crippen LogP contribution in [0.25, 0.3) is 15.9 Å². The first-order valence-electron chi connectivity index (χ1n) is 14.3. The van der Waals surface area contributed by atoms with E-state index in [1.54, 1.807) is 39.0 Å². The number of fused-ring (bicyclic) bond motifs is 1. The molecule has 2 saturated heterocycles. The van der Waals surface area contributed by atoms with Gasteiger partial charge in [0.15, 0.2) is 11.5 Å². The number of imidazole rings is 1.